The highest BCUT2D eigenvalue weighted by Gasteiger charge is 2.31. The lowest BCUT2D eigenvalue weighted by Crippen LogP contribution is -2.52. The van der Waals surface area contributed by atoms with Gasteiger partial charge in [-0.3, -0.25) is 4.79 Å². The Hall–Kier alpha value is -1.67. The Bertz CT molecular complexity index is 940. The number of benzene rings is 1. The van der Waals surface area contributed by atoms with Gasteiger partial charge < -0.3 is 15.5 Å². The first-order chi connectivity index (χ1) is 14.5. The monoisotopic (exact) mass is 503 g/mol. The summed E-state index contributed by atoms with van der Waals surface area (Å²) in [5.41, 5.74) is 9.05. The Balaban J connectivity index is 0.00000181. The minimum atomic E-state index is -0.474. The summed E-state index contributed by atoms with van der Waals surface area (Å²) in [5.74, 6) is 0.660. The lowest BCUT2D eigenvalue weighted by Gasteiger charge is -2.37. The van der Waals surface area contributed by atoms with E-state index in [9.17, 15) is 9.18 Å². The first kappa shape index (κ1) is 26.6. The molecule has 2 N–H and O–H groups in total. The fraction of sp³-hybridized carbons (Fsp3) is 0.500. The van der Waals surface area contributed by atoms with E-state index < -0.39 is 5.82 Å². The van der Waals surface area contributed by atoms with Gasteiger partial charge in [-0.15, -0.1) is 24.8 Å². The SMILES string of the molecule is C[C@@H]1CCc2ncnc(N3CCN(C(=O)C(CN)Cc4ccc(Cl)c(F)c4)CC3)c21.Cl.Cl. The summed E-state index contributed by atoms with van der Waals surface area (Å²) in [6.07, 6.45) is 4.18. The Morgan fingerprint density at radius 2 is 1.97 bits per heavy atom. The molecule has 1 fully saturated rings. The summed E-state index contributed by atoms with van der Waals surface area (Å²) in [5, 5.41) is 0.0796. The second kappa shape index (κ2) is 11.5. The average Bonchev–Trinajstić information content (AvgIpc) is 3.15. The van der Waals surface area contributed by atoms with Crippen LogP contribution < -0.4 is 10.6 Å². The summed E-state index contributed by atoms with van der Waals surface area (Å²) in [6.45, 7) is 5.16. The fourth-order valence-electron chi connectivity index (χ4n) is 4.49. The molecule has 1 aliphatic heterocycles. The quantitative estimate of drug-likeness (QED) is 0.673. The maximum absolute atomic E-state index is 13.7. The number of piperazine rings is 1. The highest BCUT2D eigenvalue weighted by Crippen LogP contribution is 2.37. The molecule has 1 amide bonds. The van der Waals surface area contributed by atoms with Crippen molar-refractivity contribution in [1.82, 2.24) is 14.9 Å². The molecule has 0 bridgehead atoms. The molecular formula is C22H29Cl3FN5O. The highest BCUT2D eigenvalue weighted by molar-refractivity contribution is 6.30. The van der Waals surface area contributed by atoms with Gasteiger partial charge >= 0.3 is 0 Å². The number of amides is 1. The van der Waals surface area contributed by atoms with Crippen LogP contribution in [0.15, 0.2) is 24.5 Å². The van der Waals surface area contributed by atoms with Gasteiger partial charge in [-0.25, -0.2) is 14.4 Å². The van der Waals surface area contributed by atoms with Crippen LogP contribution in [-0.2, 0) is 17.6 Å². The molecule has 0 saturated carbocycles. The molecule has 10 heteroatoms. The summed E-state index contributed by atoms with van der Waals surface area (Å²) >= 11 is 5.76. The van der Waals surface area contributed by atoms with E-state index in [2.05, 4.69) is 21.8 Å². The number of hydrogen-bond acceptors (Lipinski definition) is 5. The minimum absolute atomic E-state index is 0. The molecule has 0 spiro atoms. The van der Waals surface area contributed by atoms with Crippen LogP contribution in [0.3, 0.4) is 0 Å². The normalized spacial score (nSPS) is 18.4. The van der Waals surface area contributed by atoms with Gasteiger partial charge in [0.05, 0.1) is 10.9 Å². The van der Waals surface area contributed by atoms with Crippen LogP contribution in [0.2, 0.25) is 5.02 Å². The molecule has 32 heavy (non-hydrogen) atoms. The van der Waals surface area contributed by atoms with Gasteiger partial charge in [0.25, 0.3) is 0 Å². The summed E-state index contributed by atoms with van der Waals surface area (Å²) in [4.78, 5) is 26.2. The molecule has 1 aliphatic carbocycles. The van der Waals surface area contributed by atoms with Gasteiger partial charge in [0.2, 0.25) is 5.91 Å². The zero-order valence-electron chi connectivity index (χ0n) is 18.0. The van der Waals surface area contributed by atoms with Gasteiger partial charge in [0.15, 0.2) is 0 Å². The van der Waals surface area contributed by atoms with Crippen molar-refractivity contribution in [2.45, 2.75) is 32.1 Å². The molecule has 2 aliphatic rings. The maximum atomic E-state index is 13.7. The number of hydrogen-bond donors (Lipinski definition) is 1. The largest absolute Gasteiger partial charge is 0.353 e. The Morgan fingerprint density at radius 3 is 2.62 bits per heavy atom. The van der Waals surface area contributed by atoms with Crippen molar-refractivity contribution in [1.29, 1.82) is 0 Å². The Morgan fingerprint density at radius 1 is 1.25 bits per heavy atom. The number of halogens is 4. The lowest BCUT2D eigenvalue weighted by molar-refractivity contribution is -0.135. The predicted octanol–water partition coefficient (Wildman–Crippen LogP) is 3.63. The van der Waals surface area contributed by atoms with Crippen molar-refractivity contribution in [3.8, 4) is 0 Å². The van der Waals surface area contributed by atoms with E-state index >= 15 is 0 Å². The van der Waals surface area contributed by atoms with Crippen molar-refractivity contribution < 1.29 is 9.18 Å². The predicted molar refractivity (Wildman–Crippen MR) is 130 cm³/mol. The molecule has 1 aromatic heterocycles. The average molecular weight is 505 g/mol. The first-order valence-corrected chi connectivity index (χ1v) is 10.9. The van der Waals surface area contributed by atoms with Crippen molar-refractivity contribution in [2.24, 2.45) is 11.7 Å². The summed E-state index contributed by atoms with van der Waals surface area (Å²) in [7, 11) is 0. The molecule has 2 aromatic rings. The van der Waals surface area contributed by atoms with Gasteiger partial charge in [0.1, 0.15) is 18.0 Å². The number of nitrogens with zero attached hydrogens (tertiary/aromatic N) is 4. The van der Waals surface area contributed by atoms with E-state index in [-0.39, 0.29) is 48.2 Å². The van der Waals surface area contributed by atoms with Crippen LogP contribution in [0, 0.1) is 11.7 Å². The van der Waals surface area contributed by atoms with Gasteiger partial charge in [-0.05, 0) is 42.9 Å². The van der Waals surface area contributed by atoms with Gasteiger partial charge in [-0.2, -0.15) is 0 Å². The van der Waals surface area contributed by atoms with Gasteiger partial charge in [0, 0.05) is 44.0 Å². The Labute approximate surface area is 205 Å². The van der Waals surface area contributed by atoms with E-state index in [0.717, 1.165) is 43.0 Å². The molecule has 1 aromatic carbocycles. The second-order valence-corrected chi connectivity index (χ2v) is 8.60. The number of fused-ring (bicyclic) bond motifs is 1. The topological polar surface area (TPSA) is 75.4 Å². The van der Waals surface area contributed by atoms with Crippen molar-refractivity contribution in [2.75, 3.05) is 37.6 Å². The number of rotatable bonds is 5. The third-order valence-electron chi connectivity index (χ3n) is 6.24. The standard InChI is InChI=1S/C22H27ClFN5O.2ClH/c1-14-2-5-19-20(14)21(27-13-26-19)28-6-8-29(9-7-28)22(30)16(12-25)10-15-3-4-17(23)18(24)11-15;;/h3-4,11,13-14,16H,2,5-10,12,25H2,1H3;2*1H/t14-,16?;;/m1../s1. The van der Waals surface area contributed by atoms with E-state index in [4.69, 9.17) is 17.3 Å². The number of nitrogens with two attached hydrogens (primary N) is 1. The number of anilines is 1. The van der Waals surface area contributed by atoms with Crippen LogP contribution in [0.5, 0.6) is 0 Å². The minimum Gasteiger partial charge on any atom is -0.353 e. The molecule has 2 heterocycles. The summed E-state index contributed by atoms with van der Waals surface area (Å²) in [6, 6.07) is 4.65. The third-order valence-corrected chi connectivity index (χ3v) is 6.55. The molecule has 6 nitrogen and oxygen atoms in total. The number of aromatic nitrogens is 2. The molecule has 4 rings (SSSR count). The van der Waals surface area contributed by atoms with Crippen molar-refractivity contribution >= 4 is 48.1 Å². The van der Waals surface area contributed by atoms with Crippen LogP contribution in [0.25, 0.3) is 0 Å². The van der Waals surface area contributed by atoms with Crippen LogP contribution in [0.4, 0.5) is 10.2 Å². The highest BCUT2D eigenvalue weighted by atomic mass is 35.5. The zero-order valence-corrected chi connectivity index (χ0v) is 20.4. The number of aryl methyl sites for hydroxylation is 1. The summed E-state index contributed by atoms with van der Waals surface area (Å²) < 4.78 is 13.7. The molecule has 0 radical (unpaired) electrons. The maximum Gasteiger partial charge on any atom is 0.227 e. The molecular weight excluding hydrogens is 476 g/mol. The second-order valence-electron chi connectivity index (χ2n) is 8.19. The zero-order chi connectivity index (χ0) is 21.3. The van der Waals surface area contributed by atoms with Gasteiger partial charge in [-0.1, -0.05) is 24.6 Å². The molecule has 2 atom stereocenters. The smallest absolute Gasteiger partial charge is 0.227 e. The van der Waals surface area contributed by atoms with E-state index in [1.807, 2.05) is 4.90 Å². The Kier molecular flexibility index (Phi) is 9.52. The van der Waals surface area contributed by atoms with E-state index in [1.54, 1.807) is 12.4 Å². The van der Waals surface area contributed by atoms with E-state index in [1.165, 1.54) is 17.7 Å². The van der Waals surface area contributed by atoms with Crippen LogP contribution in [-0.4, -0.2) is 53.5 Å². The van der Waals surface area contributed by atoms with Crippen LogP contribution >= 0.6 is 36.4 Å². The van der Waals surface area contributed by atoms with Crippen molar-refractivity contribution in [3.05, 3.63) is 52.2 Å². The molecule has 176 valence electrons. The number of carbonyl (C=O) groups excluding carboxylic acids is 1. The fourth-order valence-corrected chi connectivity index (χ4v) is 4.61. The van der Waals surface area contributed by atoms with Crippen LogP contribution in [0.1, 0.15) is 36.1 Å². The first-order valence-electron chi connectivity index (χ1n) is 10.5. The van der Waals surface area contributed by atoms with Crippen molar-refractivity contribution in [3.63, 3.8) is 0 Å². The lowest BCUT2D eigenvalue weighted by atomic mass is 9.97. The molecule has 1 unspecified atom stereocenters. The molecule has 1 saturated heterocycles. The third kappa shape index (κ3) is 5.45. The van der Waals surface area contributed by atoms with E-state index in [0.29, 0.717) is 25.4 Å². The number of carbonyl (C=O) groups is 1.